The van der Waals surface area contributed by atoms with Gasteiger partial charge in [0.15, 0.2) is 11.6 Å². The number of rotatable bonds is 2. The smallest absolute Gasteiger partial charge is 0.254 e. The normalized spacial score (nSPS) is 19.6. The molecule has 1 saturated carbocycles. The van der Waals surface area contributed by atoms with Gasteiger partial charge >= 0.3 is 0 Å². The minimum Gasteiger partial charge on any atom is -0.338 e. The van der Waals surface area contributed by atoms with E-state index in [1.807, 2.05) is 0 Å². The van der Waals surface area contributed by atoms with Crippen molar-refractivity contribution in [1.29, 1.82) is 5.26 Å². The topological polar surface area (TPSA) is 64.4 Å². The summed E-state index contributed by atoms with van der Waals surface area (Å²) in [7, 11) is 0. The zero-order valence-corrected chi connectivity index (χ0v) is 13.8. The molecule has 1 aliphatic heterocycles. The fourth-order valence-corrected chi connectivity index (χ4v) is 3.58. The number of hydrogen-bond donors (Lipinski definition) is 0. The predicted molar refractivity (Wildman–Crippen MR) is 85.4 cm³/mol. The van der Waals surface area contributed by atoms with Crippen molar-refractivity contribution in [2.45, 2.75) is 25.7 Å². The SMILES string of the molecule is N#CC1(C(=O)N2CCN(C(=O)c3ccc(F)c(F)c3)CC2)CCCC1. The minimum atomic E-state index is -1.06. The van der Waals surface area contributed by atoms with Gasteiger partial charge in [-0.2, -0.15) is 5.26 Å². The number of carbonyl (C=O) groups is 2. The van der Waals surface area contributed by atoms with Gasteiger partial charge in [0.2, 0.25) is 5.91 Å². The number of piperazine rings is 1. The Hall–Kier alpha value is -2.49. The Morgan fingerprint density at radius 3 is 2.16 bits per heavy atom. The van der Waals surface area contributed by atoms with E-state index in [0.717, 1.165) is 25.0 Å². The van der Waals surface area contributed by atoms with Crippen molar-refractivity contribution in [1.82, 2.24) is 9.80 Å². The van der Waals surface area contributed by atoms with Crippen molar-refractivity contribution < 1.29 is 18.4 Å². The second kappa shape index (κ2) is 6.79. The van der Waals surface area contributed by atoms with E-state index in [9.17, 15) is 23.6 Å². The van der Waals surface area contributed by atoms with Crippen LogP contribution >= 0.6 is 0 Å². The minimum absolute atomic E-state index is 0.0861. The first-order valence-corrected chi connectivity index (χ1v) is 8.42. The van der Waals surface area contributed by atoms with Gasteiger partial charge in [0.1, 0.15) is 5.41 Å². The van der Waals surface area contributed by atoms with E-state index < -0.39 is 17.0 Å². The molecule has 0 aromatic heterocycles. The highest BCUT2D eigenvalue weighted by Crippen LogP contribution is 2.39. The molecule has 3 rings (SSSR count). The van der Waals surface area contributed by atoms with Gasteiger partial charge in [0.25, 0.3) is 5.91 Å². The summed E-state index contributed by atoms with van der Waals surface area (Å²) in [6, 6.07) is 5.27. The first-order chi connectivity index (χ1) is 12.0. The molecule has 2 amide bonds. The molecule has 0 radical (unpaired) electrons. The Morgan fingerprint density at radius 1 is 1.00 bits per heavy atom. The zero-order chi connectivity index (χ0) is 18.0. The van der Waals surface area contributed by atoms with Crippen LogP contribution in [0.25, 0.3) is 0 Å². The molecule has 2 fully saturated rings. The number of hydrogen-bond acceptors (Lipinski definition) is 3. The van der Waals surface area contributed by atoms with Crippen LogP contribution in [0.15, 0.2) is 18.2 Å². The molecule has 1 saturated heterocycles. The Morgan fingerprint density at radius 2 is 1.60 bits per heavy atom. The molecule has 1 aromatic rings. The van der Waals surface area contributed by atoms with Crippen LogP contribution in [0, 0.1) is 28.4 Å². The highest BCUT2D eigenvalue weighted by molar-refractivity contribution is 5.94. The number of carbonyl (C=O) groups excluding carboxylic acids is 2. The van der Waals surface area contributed by atoms with Gasteiger partial charge in [-0.15, -0.1) is 0 Å². The maximum atomic E-state index is 13.3. The van der Waals surface area contributed by atoms with Gasteiger partial charge < -0.3 is 9.80 Å². The zero-order valence-electron chi connectivity index (χ0n) is 13.8. The quantitative estimate of drug-likeness (QED) is 0.825. The lowest BCUT2D eigenvalue weighted by atomic mass is 9.86. The molecule has 1 heterocycles. The summed E-state index contributed by atoms with van der Waals surface area (Å²) in [5, 5.41) is 9.43. The third kappa shape index (κ3) is 3.21. The standard InChI is InChI=1S/C18H19F2N3O2/c19-14-4-3-13(11-15(14)20)16(24)22-7-9-23(10-8-22)17(25)18(12-21)5-1-2-6-18/h3-4,11H,1-2,5-10H2. The summed E-state index contributed by atoms with van der Waals surface area (Å²) < 4.78 is 26.3. The summed E-state index contributed by atoms with van der Waals surface area (Å²) in [5.74, 6) is -2.59. The molecule has 7 heteroatoms. The fourth-order valence-electron chi connectivity index (χ4n) is 3.58. The van der Waals surface area contributed by atoms with Crippen molar-refractivity contribution in [3.63, 3.8) is 0 Å². The Balaban J connectivity index is 1.63. The first-order valence-electron chi connectivity index (χ1n) is 8.42. The number of benzene rings is 1. The number of nitriles is 1. The summed E-state index contributed by atoms with van der Waals surface area (Å²) in [4.78, 5) is 28.2. The van der Waals surface area contributed by atoms with Crippen LogP contribution in [0.4, 0.5) is 8.78 Å². The van der Waals surface area contributed by atoms with E-state index in [-0.39, 0.29) is 17.4 Å². The van der Waals surface area contributed by atoms with Crippen LogP contribution in [0.3, 0.4) is 0 Å². The molecule has 0 bridgehead atoms. The third-order valence-electron chi connectivity index (χ3n) is 5.10. The lowest BCUT2D eigenvalue weighted by Crippen LogP contribution is -2.53. The lowest BCUT2D eigenvalue weighted by Gasteiger charge is -2.37. The Labute approximate surface area is 144 Å². The Kier molecular flexibility index (Phi) is 4.71. The van der Waals surface area contributed by atoms with Gasteiger partial charge in [-0.3, -0.25) is 9.59 Å². The largest absolute Gasteiger partial charge is 0.338 e. The highest BCUT2D eigenvalue weighted by atomic mass is 19.2. The summed E-state index contributed by atoms with van der Waals surface area (Å²) in [6.45, 7) is 1.31. The molecule has 2 aliphatic rings. The molecule has 0 spiro atoms. The second-order valence-corrected chi connectivity index (χ2v) is 6.61. The van der Waals surface area contributed by atoms with Gasteiger partial charge in [-0.05, 0) is 31.0 Å². The van der Waals surface area contributed by atoms with Gasteiger partial charge in [-0.1, -0.05) is 12.8 Å². The first kappa shape index (κ1) is 17.3. The van der Waals surface area contributed by atoms with Crippen LogP contribution in [-0.2, 0) is 4.79 Å². The molecule has 25 heavy (non-hydrogen) atoms. The van der Waals surface area contributed by atoms with Crippen LogP contribution in [0.5, 0.6) is 0 Å². The fraction of sp³-hybridized carbons (Fsp3) is 0.500. The molecule has 1 aromatic carbocycles. The molecule has 0 N–H and O–H groups in total. The van der Waals surface area contributed by atoms with Crippen molar-refractivity contribution in [2.75, 3.05) is 26.2 Å². The maximum Gasteiger partial charge on any atom is 0.254 e. The van der Waals surface area contributed by atoms with E-state index in [4.69, 9.17) is 0 Å². The van der Waals surface area contributed by atoms with Gasteiger partial charge in [0.05, 0.1) is 6.07 Å². The van der Waals surface area contributed by atoms with E-state index in [2.05, 4.69) is 6.07 Å². The summed E-state index contributed by atoms with van der Waals surface area (Å²) in [5.41, 5.74) is -0.824. The third-order valence-corrected chi connectivity index (χ3v) is 5.10. The predicted octanol–water partition coefficient (Wildman–Crippen LogP) is 2.33. The average Bonchev–Trinajstić information content (AvgIpc) is 3.13. The van der Waals surface area contributed by atoms with E-state index in [0.29, 0.717) is 39.0 Å². The molecular formula is C18H19F2N3O2. The number of halogens is 2. The van der Waals surface area contributed by atoms with Gasteiger partial charge in [0, 0.05) is 31.7 Å². The molecular weight excluding hydrogens is 328 g/mol. The van der Waals surface area contributed by atoms with Crippen LogP contribution in [0.1, 0.15) is 36.0 Å². The number of amides is 2. The van der Waals surface area contributed by atoms with Crippen LogP contribution in [0.2, 0.25) is 0 Å². The highest BCUT2D eigenvalue weighted by Gasteiger charge is 2.44. The van der Waals surface area contributed by atoms with Crippen molar-refractivity contribution in [3.05, 3.63) is 35.4 Å². The van der Waals surface area contributed by atoms with E-state index in [1.54, 1.807) is 4.90 Å². The van der Waals surface area contributed by atoms with Gasteiger partial charge in [-0.25, -0.2) is 8.78 Å². The molecule has 132 valence electrons. The van der Waals surface area contributed by atoms with Crippen LogP contribution in [-0.4, -0.2) is 47.8 Å². The summed E-state index contributed by atoms with van der Waals surface area (Å²) in [6.07, 6.45) is 2.95. The van der Waals surface area contributed by atoms with E-state index >= 15 is 0 Å². The van der Waals surface area contributed by atoms with Crippen molar-refractivity contribution in [3.8, 4) is 6.07 Å². The van der Waals surface area contributed by atoms with Crippen molar-refractivity contribution in [2.24, 2.45) is 5.41 Å². The molecule has 0 unspecified atom stereocenters. The number of nitrogens with zero attached hydrogens (tertiary/aromatic N) is 3. The van der Waals surface area contributed by atoms with Crippen LogP contribution < -0.4 is 0 Å². The average molecular weight is 347 g/mol. The summed E-state index contributed by atoms with van der Waals surface area (Å²) >= 11 is 0. The molecule has 0 atom stereocenters. The van der Waals surface area contributed by atoms with Crippen molar-refractivity contribution >= 4 is 11.8 Å². The lowest BCUT2D eigenvalue weighted by molar-refractivity contribution is -0.140. The molecule has 5 nitrogen and oxygen atoms in total. The maximum absolute atomic E-state index is 13.3. The van der Waals surface area contributed by atoms with E-state index in [1.165, 1.54) is 11.0 Å². The second-order valence-electron chi connectivity index (χ2n) is 6.61. The Bertz CT molecular complexity index is 730. The monoisotopic (exact) mass is 347 g/mol. The molecule has 1 aliphatic carbocycles.